The van der Waals surface area contributed by atoms with Crippen LogP contribution in [0.3, 0.4) is 0 Å². The minimum absolute atomic E-state index is 0.171. The monoisotopic (exact) mass is 341 g/mol. The number of amides is 1. The van der Waals surface area contributed by atoms with Gasteiger partial charge in [-0.25, -0.2) is 9.97 Å². The Bertz CT molecular complexity index is 708. The van der Waals surface area contributed by atoms with Crippen LogP contribution in [0.1, 0.15) is 5.56 Å². The molecular weight excluding hydrogens is 318 g/mol. The third-order valence-corrected chi connectivity index (χ3v) is 4.06. The number of aromatic nitrogens is 2. The van der Waals surface area contributed by atoms with Crippen LogP contribution in [0.25, 0.3) is 0 Å². The van der Waals surface area contributed by atoms with Gasteiger partial charge in [0.15, 0.2) is 5.82 Å². The van der Waals surface area contributed by atoms with Gasteiger partial charge in [0.05, 0.1) is 12.8 Å². The lowest BCUT2D eigenvalue weighted by Crippen LogP contribution is -2.47. The zero-order valence-electron chi connectivity index (χ0n) is 14.6. The largest absolute Gasteiger partial charge is 0.366 e. The van der Waals surface area contributed by atoms with Crippen molar-refractivity contribution in [3.05, 3.63) is 48.4 Å². The molecule has 1 aromatic heterocycles. The average molecular weight is 341 g/mol. The number of ether oxygens (including phenoxy) is 1. The predicted molar refractivity (Wildman–Crippen MR) is 96.4 cm³/mol. The van der Waals surface area contributed by atoms with Crippen molar-refractivity contribution in [3.63, 3.8) is 0 Å². The fraction of sp³-hybridized carbons (Fsp3) is 0.389. The maximum atomic E-state index is 12.6. The molecule has 1 N–H and O–H groups in total. The normalized spacial score (nSPS) is 17.9. The van der Waals surface area contributed by atoms with Crippen LogP contribution in [0.2, 0.25) is 0 Å². The van der Waals surface area contributed by atoms with Crippen LogP contribution in [0.15, 0.2) is 42.9 Å². The van der Waals surface area contributed by atoms with Crippen molar-refractivity contribution in [2.75, 3.05) is 44.0 Å². The minimum atomic E-state index is -0.507. The van der Waals surface area contributed by atoms with E-state index in [-0.39, 0.29) is 5.91 Å². The molecule has 25 heavy (non-hydrogen) atoms. The summed E-state index contributed by atoms with van der Waals surface area (Å²) in [5.41, 5.74) is 1.82. The molecule has 7 heteroatoms. The summed E-state index contributed by atoms with van der Waals surface area (Å²) in [6, 6.07) is 10.2. The molecule has 1 amide bonds. The Morgan fingerprint density at radius 3 is 2.92 bits per heavy atom. The molecule has 2 heterocycles. The number of carbonyl (C=O) groups is 1. The third-order valence-electron chi connectivity index (χ3n) is 4.06. The van der Waals surface area contributed by atoms with Crippen LogP contribution in [0, 0.1) is 0 Å². The molecule has 1 aromatic carbocycles. The summed E-state index contributed by atoms with van der Waals surface area (Å²) in [6.07, 6.45) is 2.56. The maximum absolute atomic E-state index is 12.6. The summed E-state index contributed by atoms with van der Waals surface area (Å²) in [5, 5.41) is 2.89. The van der Waals surface area contributed by atoms with E-state index in [4.69, 9.17) is 4.74 Å². The molecular formula is C18H23N5O2. The Morgan fingerprint density at radius 2 is 2.16 bits per heavy atom. The van der Waals surface area contributed by atoms with Gasteiger partial charge < -0.3 is 15.0 Å². The second-order valence-corrected chi connectivity index (χ2v) is 6.22. The fourth-order valence-corrected chi connectivity index (χ4v) is 2.83. The van der Waals surface area contributed by atoms with E-state index in [0.717, 1.165) is 13.1 Å². The number of nitrogens with one attached hydrogen (secondary N) is 1. The highest BCUT2D eigenvalue weighted by atomic mass is 16.5. The van der Waals surface area contributed by atoms with Gasteiger partial charge in [0.1, 0.15) is 18.1 Å². The van der Waals surface area contributed by atoms with Gasteiger partial charge >= 0.3 is 0 Å². The van der Waals surface area contributed by atoms with Gasteiger partial charge in [0.2, 0.25) is 0 Å². The smallest absolute Gasteiger partial charge is 0.254 e. The molecule has 0 saturated carbocycles. The Labute approximate surface area is 147 Å². The number of hydrogen-bond acceptors (Lipinski definition) is 6. The predicted octanol–water partition coefficient (Wildman–Crippen LogP) is 1.38. The Hall–Kier alpha value is -2.51. The van der Waals surface area contributed by atoms with Crippen LogP contribution in [0.4, 0.5) is 11.5 Å². The molecule has 1 aliphatic rings. The van der Waals surface area contributed by atoms with Crippen LogP contribution in [-0.2, 0) is 16.1 Å². The van der Waals surface area contributed by atoms with Crippen molar-refractivity contribution in [3.8, 4) is 0 Å². The highest BCUT2D eigenvalue weighted by Crippen LogP contribution is 2.20. The van der Waals surface area contributed by atoms with E-state index in [1.54, 1.807) is 6.20 Å². The second kappa shape index (κ2) is 8.04. The van der Waals surface area contributed by atoms with Crippen LogP contribution in [-0.4, -0.2) is 60.7 Å². The highest BCUT2D eigenvalue weighted by Gasteiger charge is 2.27. The molecule has 1 saturated heterocycles. The SMILES string of the molecule is CN(C)c1ncncc1NC(=O)C1CN(Cc2ccccc2)CCO1. The number of rotatable bonds is 5. The molecule has 3 rings (SSSR count). The van der Waals surface area contributed by atoms with E-state index in [1.807, 2.05) is 37.2 Å². The van der Waals surface area contributed by atoms with Crippen LogP contribution >= 0.6 is 0 Å². The first-order chi connectivity index (χ1) is 12.1. The number of morpholine rings is 1. The van der Waals surface area contributed by atoms with Crippen molar-refractivity contribution in [1.29, 1.82) is 0 Å². The van der Waals surface area contributed by atoms with Crippen molar-refractivity contribution in [2.24, 2.45) is 0 Å². The van der Waals surface area contributed by atoms with Crippen molar-refractivity contribution in [1.82, 2.24) is 14.9 Å². The summed E-state index contributed by atoms with van der Waals surface area (Å²) < 4.78 is 5.67. The van der Waals surface area contributed by atoms with Gasteiger partial charge in [-0.1, -0.05) is 30.3 Å². The zero-order valence-corrected chi connectivity index (χ0v) is 14.6. The molecule has 0 bridgehead atoms. The molecule has 1 fully saturated rings. The number of carbonyl (C=O) groups excluding carboxylic acids is 1. The lowest BCUT2D eigenvalue weighted by molar-refractivity contribution is -0.133. The van der Waals surface area contributed by atoms with Gasteiger partial charge in [0, 0.05) is 33.7 Å². The second-order valence-electron chi connectivity index (χ2n) is 6.22. The molecule has 1 aliphatic heterocycles. The number of anilines is 2. The molecule has 1 atom stereocenters. The van der Waals surface area contributed by atoms with E-state index in [0.29, 0.717) is 24.7 Å². The van der Waals surface area contributed by atoms with E-state index in [2.05, 4.69) is 32.3 Å². The summed E-state index contributed by atoms with van der Waals surface area (Å²) >= 11 is 0. The number of benzene rings is 1. The van der Waals surface area contributed by atoms with Gasteiger partial charge in [-0.15, -0.1) is 0 Å². The first kappa shape index (κ1) is 17.3. The highest BCUT2D eigenvalue weighted by molar-refractivity contribution is 5.96. The summed E-state index contributed by atoms with van der Waals surface area (Å²) in [4.78, 5) is 24.9. The first-order valence-electron chi connectivity index (χ1n) is 8.29. The Kier molecular flexibility index (Phi) is 5.57. The summed E-state index contributed by atoms with van der Waals surface area (Å²) in [5.74, 6) is 0.496. The molecule has 132 valence electrons. The van der Waals surface area contributed by atoms with E-state index >= 15 is 0 Å². The van der Waals surface area contributed by atoms with Crippen LogP contribution < -0.4 is 10.2 Å². The lowest BCUT2D eigenvalue weighted by atomic mass is 10.2. The van der Waals surface area contributed by atoms with Gasteiger partial charge in [-0.05, 0) is 5.56 Å². The molecule has 7 nitrogen and oxygen atoms in total. The fourth-order valence-electron chi connectivity index (χ4n) is 2.83. The lowest BCUT2D eigenvalue weighted by Gasteiger charge is -2.32. The Balaban J connectivity index is 1.62. The van der Waals surface area contributed by atoms with Crippen molar-refractivity contribution >= 4 is 17.4 Å². The molecule has 0 aliphatic carbocycles. The summed E-state index contributed by atoms with van der Waals surface area (Å²) in [6.45, 7) is 2.73. The molecule has 0 radical (unpaired) electrons. The third kappa shape index (κ3) is 4.52. The summed E-state index contributed by atoms with van der Waals surface area (Å²) in [7, 11) is 3.74. The molecule has 0 spiro atoms. The zero-order chi connectivity index (χ0) is 17.6. The van der Waals surface area contributed by atoms with Gasteiger partial charge in [-0.2, -0.15) is 0 Å². The van der Waals surface area contributed by atoms with E-state index in [1.165, 1.54) is 11.9 Å². The standard InChI is InChI=1S/C18H23N5O2/c1-22(2)17-15(10-19-13-20-17)21-18(24)16-12-23(8-9-25-16)11-14-6-4-3-5-7-14/h3-7,10,13,16H,8-9,11-12H2,1-2H3,(H,21,24). The van der Waals surface area contributed by atoms with Crippen molar-refractivity contribution < 1.29 is 9.53 Å². The van der Waals surface area contributed by atoms with Crippen LogP contribution in [0.5, 0.6) is 0 Å². The molecule has 1 unspecified atom stereocenters. The van der Waals surface area contributed by atoms with E-state index in [9.17, 15) is 4.79 Å². The number of nitrogens with zero attached hydrogens (tertiary/aromatic N) is 4. The quantitative estimate of drug-likeness (QED) is 0.886. The average Bonchev–Trinajstić information content (AvgIpc) is 2.63. The van der Waals surface area contributed by atoms with Crippen molar-refractivity contribution in [2.45, 2.75) is 12.6 Å². The first-order valence-corrected chi connectivity index (χ1v) is 8.29. The number of hydrogen-bond donors (Lipinski definition) is 1. The van der Waals surface area contributed by atoms with Gasteiger partial charge in [0.25, 0.3) is 5.91 Å². The topological polar surface area (TPSA) is 70.6 Å². The van der Waals surface area contributed by atoms with E-state index < -0.39 is 6.10 Å². The Morgan fingerprint density at radius 1 is 1.36 bits per heavy atom. The van der Waals surface area contributed by atoms with Gasteiger partial charge in [-0.3, -0.25) is 9.69 Å². The maximum Gasteiger partial charge on any atom is 0.254 e. The molecule has 2 aromatic rings. The minimum Gasteiger partial charge on any atom is -0.366 e.